The molecule has 0 spiro atoms. The maximum Gasteiger partial charge on any atom is 0.329 e. The van der Waals surface area contributed by atoms with Gasteiger partial charge >= 0.3 is 5.97 Å². The van der Waals surface area contributed by atoms with Crippen LogP contribution in [0, 0.1) is 0 Å². The summed E-state index contributed by atoms with van der Waals surface area (Å²) in [6.07, 6.45) is 0. The number of carbonyl (C=O) groups excluding carboxylic acids is 1. The highest BCUT2D eigenvalue weighted by Gasteiger charge is 2.44. The third-order valence-electron chi connectivity index (χ3n) is 2.00. The molecule has 5 heteroatoms. The summed E-state index contributed by atoms with van der Waals surface area (Å²) in [5.41, 5.74) is 4.81. The van der Waals surface area contributed by atoms with Crippen LogP contribution in [0.2, 0.25) is 0 Å². The number of halogens is 2. The maximum atomic E-state index is 13.6. The van der Waals surface area contributed by atoms with E-state index >= 15 is 0 Å². The third kappa shape index (κ3) is 2.30. The Kier molecular flexibility index (Phi) is 3.36. The molecule has 0 amide bonds. The second kappa shape index (κ2) is 4.35. The Labute approximate surface area is 85.8 Å². The van der Waals surface area contributed by atoms with Gasteiger partial charge in [0, 0.05) is 5.56 Å². The van der Waals surface area contributed by atoms with Gasteiger partial charge in [0.15, 0.2) is 6.04 Å². The van der Waals surface area contributed by atoms with Crippen LogP contribution in [0.1, 0.15) is 5.56 Å². The lowest BCUT2D eigenvalue weighted by Gasteiger charge is -2.21. The molecule has 0 aliphatic carbocycles. The van der Waals surface area contributed by atoms with Gasteiger partial charge in [-0.1, -0.05) is 30.3 Å². The summed E-state index contributed by atoms with van der Waals surface area (Å²) in [6.45, 7) is 0. The van der Waals surface area contributed by atoms with E-state index in [1.54, 1.807) is 6.07 Å². The first-order chi connectivity index (χ1) is 7.00. The molecular weight excluding hydrogens is 204 g/mol. The molecule has 0 aliphatic heterocycles. The molecule has 3 nitrogen and oxygen atoms in total. The lowest BCUT2D eigenvalue weighted by Crippen LogP contribution is -2.45. The van der Waals surface area contributed by atoms with Crippen molar-refractivity contribution < 1.29 is 18.3 Å². The molecule has 0 heterocycles. The fourth-order valence-electron chi connectivity index (χ4n) is 1.11. The number of nitrogens with two attached hydrogens (primary N) is 1. The van der Waals surface area contributed by atoms with E-state index in [1.165, 1.54) is 24.3 Å². The molecule has 15 heavy (non-hydrogen) atoms. The quantitative estimate of drug-likeness (QED) is 0.773. The molecule has 1 aromatic carbocycles. The van der Waals surface area contributed by atoms with Crippen LogP contribution >= 0.6 is 0 Å². The summed E-state index contributed by atoms with van der Waals surface area (Å²) in [4.78, 5) is 10.9. The van der Waals surface area contributed by atoms with Crippen molar-refractivity contribution in [1.29, 1.82) is 0 Å². The lowest BCUT2D eigenvalue weighted by atomic mass is 10.0. The molecule has 0 aliphatic rings. The minimum absolute atomic E-state index is 0.303. The Morgan fingerprint density at radius 1 is 1.40 bits per heavy atom. The number of hydrogen-bond donors (Lipinski definition) is 1. The zero-order valence-corrected chi connectivity index (χ0v) is 8.11. The van der Waals surface area contributed by atoms with Crippen molar-refractivity contribution in [3.05, 3.63) is 35.9 Å². The van der Waals surface area contributed by atoms with Crippen LogP contribution in [0.3, 0.4) is 0 Å². The van der Waals surface area contributed by atoms with Crippen molar-refractivity contribution in [2.75, 3.05) is 7.11 Å². The van der Waals surface area contributed by atoms with Crippen LogP contribution in [-0.4, -0.2) is 19.1 Å². The highest BCUT2D eigenvalue weighted by Crippen LogP contribution is 2.30. The number of methoxy groups -OCH3 is 1. The van der Waals surface area contributed by atoms with Crippen LogP contribution in [0.15, 0.2) is 30.3 Å². The summed E-state index contributed by atoms with van der Waals surface area (Å²) < 4.78 is 31.3. The summed E-state index contributed by atoms with van der Waals surface area (Å²) in [7, 11) is 1.02. The molecule has 82 valence electrons. The van der Waals surface area contributed by atoms with Crippen molar-refractivity contribution in [3.8, 4) is 0 Å². The minimum Gasteiger partial charge on any atom is -0.468 e. The van der Waals surface area contributed by atoms with E-state index in [0.29, 0.717) is 0 Å². The van der Waals surface area contributed by atoms with Gasteiger partial charge in [-0.05, 0) is 0 Å². The van der Waals surface area contributed by atoms with Crippen molar-refractivity contribution in [2.45, 2.75) is 12.0 Å². The molecule has 0 aromatic heterocycles. The van der Waals surface area contributed by atoms with Crippen LogP contribution < -0.4 is 5.73 Å². The average molecular weight is 215 g/mol. The summed E-state index contributed by atoms with van der Waals surface area (Å²) in [5, 5.41) is 0. The van der Waals surface area contributed by atoms with Gasteiger partial charge in [0.1, 0.15) is 0 Å². The Balaban J connectivity index is 2.97. The van der Waals surface area contributed by atoms with Gasteiger partial charge in [-0.3, -0.25) is 4.79 Å². The van der Waals surface area contributed by atoms with E-state index in [0.717, 1.165) is 7.11 Å². The van der Waals surface area contributed by atoms with Gasteiger partial charge in [0.25, 0.3) is 5.92 Å². The van der Waals surface area contributed by atoms with Crippen LogP contribution in [0.5, 0.6) is 0 Å². The minimum atomic E-state index is -3.42. The van der Waals surface area contributed by atoms with Crippen LogP contribution in [0.4, 0.5) is 8.78 Å². The first-order valence-corrected chi connectivity index (χ1v) is 4.27. The molecule has 2 N–H and O–H groups in total. The normalized spacial score (nSPS) is 13.3. The third-order valence-corrected chi connectivity index (χ3v) is 2.00. The molecule has 0 bridgehead atoms. The zero-order chi connectivity index (χ0) is 11.5. The molecule has 0 saturated heterocycles. The highest BCUT2D eigenvalue weighted by atomic mass is 19.3. The van der Waals surface area contributed by atoms with E-state index < -0.39 is 17.9 Å². The molecule has 1 aromatic rings. The summed E-state index contributed by atoms with van der Waals surface area (Å²) in [5.74, 6) is -4.56. The number of alkyl halides is 2. The standard InChI is InChI=1S/C10H11F2NO2/c1-15-9(14)8(13)10(11,12)7-5-3-2-4-6-7/h2-6,8H,13H2,1H3/t8-/m0/s1. The van der Waals surface area contributed by atoms with E-state index in [1.807, 2.05) is 0 Å². The fraction of sp³-hybridized carbons (Fsp3) is 0.300. The summed E-state index contributed by atoms with van der Waals surface area (Å²) >= 11 is 0. The second-order valence-electron chi connectivity index (χ2n) is 2.99. The number of benzene rings is 1. The average Bonchev–Trinajstić information content (AvgIpc) is 2.28. The Bertz CT molecular complexity index is 341. The highest BCUT2D eigenvalue weighted by molar-refractivity contribution is 5.77. The van der Waals surface area contributed by atoms with Crippen molar-refractivity contribution in [1.82, 2.24) is 0 Å². The van der Waals surface area contributed by atoms with E-state index in [2.05, 4.69) is 4.74 Å². The smallest absolute Gasteiger partial charge is 0.329 e. The van der Waals surface area contributed by atoms with Gasteiger partial charge in [0.05, 0.1) is 7.11 Å². The Morgan fingerprint density at radius 2 is 1.93 bits per heavy atom. The van der Waals surface area contributed by atoms with Crippen molar-refractivity contribution >= 4 is 5.97 Å². The van der Waals surface area contributed by atoms with Crippen molar-refractivity contribution in [3.63, 3.8) is 0 Å². The zero-order valence-electron chi connectivity index (χ0n) is 8.11. The topological polar surface area (TPSA) is 52.3 Å². The molecule has 1 rings (SSSR count). The molecule has 0 unspecified atom stereocenters. The van der Waals surface area contributed by atoms with Gasteiger partial charge in [-0.25, -0.2) is 0 Å². The molecule has 0 radical (unpaired) electrons. The molecule has 1 atom stereocenters. The molecular formula is C10H11F2NO2. The van der Waals surface area contributed by atoms with Crippen molar-refractivity contribution in [2.24, 2.45) is 5.73 Å². The first kappa shape index (κ1) is 11.6. The number of ether oxygens (including phenoxy) is 1. The van der Waals surface area contributed by atoms with Gasteiger partial charge in [0.2, 0.25) is 0 Å². The van der Waals surface area contributed by atoms with Crippen LogP contribution in [-0.2, 0) is 15.5 Å². The first-order valence-electron chi connectivity index (χ1n) is 4.27. The number of carbonyl (C=O) groups is 1. The predicted molar refractivity (Wildman–Crippen MR) is 50.3 cm³/mol. The van der Waals surface area contributed by atoms with E-state index in [9.17, 15) is 13.6 Å². The van der Waals surface area contributed by atoms with Gasteiger partial charge in [-0.2, -0.15) is 8.78 Å². The summed E-state index contributed by atoms with van der Waals surface area (Å²) in [6, 6.07) is 4.94. The van der Waals surface area contributed by atoms with Gasteiger partial charge < -0.3 is 10.5 Å². The molecule has 0 saturated carbocycles. The fourth-order valence-corrected chi connectivity index (χ4v) is 1.11. The predicted octanol–water partition coefficient (Wildman–Crippen LogP) is 1.28. The lowest BCUT2D eigenvalue weighted by molar-refractivity contribution is -0.153. The van der Waals surface area contributed by atoms with E-state index in [4.69, 9.17) is 5.73 Å². The maximum absolute atomic E-state index is 13.6. The van der Waals surface area contributed by atoms with Gasteiger partial charge in [-0.15, -0.1) is 0 Å². The molecule has 0 fully saturated rings. The number of esters is 1. The van der Waals surface area contributed by atoms with Crippen LogP contribution in [0.25, 0.3) is 0 Å². The van der Waals surface area contributed by atoms with E-state index in [-0.39, 0.29) is 5.56 Å². The monoisotopic (exact) mass is 215 g/mol. The number of hydrogen-bond acceptors (Lipinski definition) is 3. The Hall–Kier alpha value is -1.49. The SMILES string of the molecule is COC(=O)[C@H](N)C(F)(F)c1ccccc1. The Morgan fingerprint density at radius 3 is 2.40 bits per heavy atom. The largest absolute Gasteiger partial charge is 0.468 e. The second-order valence-corrected chi connectivity index (χ2v) is 2.99. The number of rotatable bonds is 3.